The number of aromatic nitrogens is 1. The molecule has 0 unspecified atom stereocenters. The van der Waals surface area contributed by atoms with Crippen molar-refractivity contribution in [1.82, 2.24) is 4.98 Å². The highest BCUT2D eigenvalue weighted by atomic mass is 35.5. The van der Waals surface area contributed by atoms with Crippen LogP contribution in [0.3, 0.4) is 0 Å². The van der Waals surface area contributed by atoms with Gasteiger partial charge in [-0.3, -0.25) is 14.6 Å². The summed E-state index contributed by atoms with van der Waals surface area (Å²) in [5.74, 6) is -0.759. The summed E-state index contributed by atoms with van der Waals surface area (Å²) in [5, 5.41) is 1.91. The van der Waals surface area contributed by atoms with Gasteiger partial charge in [0.15, 0.2) is 0 Å². The molecule has 170 valence electrons. The van der Waals surface area contributed by atoms with Crippen LogP contribution in [-0.2, 0) is 17.6 Å². The second-order valence-electron chi connectivity index (χ2n) is 6.79. The van der Waals surface area contributed by atoms with E-state index < -0.39 is 28.6 Å². The number of carbonyl (C=O) groups excluding carboxylic acids is 2. The molecule has 3 aromatic rings. The van der Waals surface area contributed by atoms with Gasteiger partial charge in [-0.2, -0.15) is 13.2 Å². The van der Waals surface area contributed by atoms with Crippen LogP contribution in [0.25, 0.3) is 6.08 Å². The third-order valence-corrected chi connectivity index (χ3v) is 4.64. The van der Waals surface area contributed by atoms with Crippen molar-refractivity contribution in [3.05, 3.63) is 94.3 Å². The summed E-state index contributed by atoms with van der Waals surface area (Å²) < 4.78 is 44.6. The summed E-state index contributed by atoms with van der Waals surface area (Å²) in [6, 6.07) is 13.1. The van der Waals surface area contributed by atoms with E-state index in [1.54, 1.807) is 30.3 Å². The van der Waals surface area contributed by atoms with E-state index in [0.717, 1.165) is 12.1 Å². The summed E-state index contributed by atoms with van der Waals surface area (Å²) in [6.07, 6.45) is -0.510. The smallest absolute Gasteiger partial charge is 0.417 e. The van der Waals surface area contributed by atoms with E-state index >= 15 is 0 Å². The largest absolute Gasteiger partial charge is 0.489 e. The van der Waals surface area contributed by atoms with Gasteiger partial charge in [-0.15, -0.1) is 0 Å². The Labute approximate surface area is 191 Å². The first-order valence-electron chi connectivity index (χ1n) is 9.45. The number of pyridine rings is 1. The van der Waals surface area contributed by atoms with Crippen LogP contribution in [0.15, 0.2) is 66.9 Å². The van der Waals surface area contributed by atoms with E-state index in [9.17, 15) is 22.8 Å². The Morgan fingerprint density at radius 1 is 1.12 bits per heavy atom. The molecule has 6 nitrogen and oxygen atoms in total. The molecule has 10 heteroatoms. The maximum atomic E-state index is 13.0. The number of nitrogens with two attached hydrogens (primary N) is 1. The molecule has 0 aliphatic rings. The molecule has 0 aliphatic heterocycles. The van der Waals surface area contributed by atoms with Gasteiger partial charge in [0.1, 0.15) is 18.1 Å². The Bertz CT molecular complexity index is 1210. The lowest BCUT2D eigenvalue weighted by Crippen LogP contribution is -2.13. The van der Waals surface area contributed by atoms with Crippen LogP contribution in [0, 0.1) is 0 Å². The molecule has 0 saturated heterocycles. The summed E-state index contributed by atoms with van der Waals surface area (Å²) in [4.78, 5) is 27.2. The molecule has 0 spiro atoms. The lowest BCUT2D eigenvalue weighted by atomic mass is 10.2. The van der Waals surface area contributed by atoms with Crippen molar-refractivity contribution < 1.29 is 27.5 Å². The lowest BCUT2D eigenvalue weighted by Gasteiger charge is -2.11. The quantitative estimate of drug-likeness (QED) is 0.466. The monoisotopic (exact) mass is 475 g/mol. The highest BCUT2D eigenvalue weighted by Gasteiger charge is 2.33. The van der Waals surface area contributed by atoms with Crippen LogP contribution >= 0.6 is 11.6 Å². The minimum absolute atomic E-state index is 0.0360. The molecule has 0 atom stereocenters. The van der Waals surface area contributed by atoms with Gasteiger partial charge < -0.3 is 15.8 Å². The number of nitrogens with one attached hydrogen (secondary N) is 1. The topological polar surface area (TPSA) is 94.3 Å². The van der Waals surface area contributed by atoms with Crippen LogP contribution in [0.4, 0.5) is 18.9 Å². The molecule has 3 N–H and O–H groups in total. The first-order chi connectivity index (χ1) is 15.6. The standard InChI is InChI=1S/C23H17ClF3N3O3/c24-19-6-5-16(12-18(19)23(25,26)27)30-21(31)7-4-14-2-1-3-17(10-14)33-13-15-8-9-29-20(11-15)22(28)32/h1-12H,13H2,(H2,28,32)(H,30,31). The van der Waals surface area contributed by atoms with Crippen LogP contribution in [0.2, 0.25) is 5.02 Å². The molecular formula is C23H17ClF3N3O3. The van der Waals surface area contributed by atoms with Crippen LogP contribution < -0.4 is 15.8 Å². The fourth-order valence-electron chi connectivity index (χ4n) is 2.75. The molecule has 2 aromatic carbocycles. The van der Waals surface area contributed by atoms with Crippen LogP contribution in [-0.4, -0.2) is 16.8 Å². The number of primary amides is 1. The van der Waals surface area contributed by atoms with Crippen LogP contribution in [0.1, 0.15) is 27.2 Å². The van der Waals surface area contributed by atoms with Crippen molar-refractivity contribution in [2.75, 3.05) is 5.32 Å². The minimum atomic E-state index is -4.63. The van der Waals surface area contributed by atoms with Gasteiger partial charge in [0, 0.05) is 18.0 Å². The maximum absolute atomic E-state index is 13.0. The molecule has 0 aliphatic carbocycles. The molecule has 0 radical (unpaired) electrons. The summed E-state index contributed by atoms with van der Waals surface area (Å²) >= 11 is 5.58. The highest BCUT2D eigenvalue weighted by Crippen LogP contribution is 2.36. The molecule has 0 fully saturated rings. The maximum Gasteiger partial charge on any atom is 0.417 e. The number of nitrogens with zero attached hydrogens (tertiary/aromatic N) is 1. The number of ether oxygens (including phenoxy) is 1. The van der Waals surface area contributed by atoms with E-state index in [1.165, 1.54) is 30.5 Å². The van der Waals surface area contributed by atoms with Crippen molar-refractivity contribution in [3.8, 4) is 5.75 Å². The summed E-state index contributed by atoms with van der Waals surface area (Å²) in [5.41, 5.74) is 5.59. The molecule has 0 bridgehead atoms. The fraction of sp³-hybridized carbons (Fsp3) is 0.0870. The predicted octanol–water partition coefficient (Wildman–Crippen LogP) is 5.08. The Morgan fingerprint density at radius 3 is 2.64 bits per heavy atom. The molecular weight excluding hydrogens is 459 g/mol. The van der Waals surface area contributed by atoms with Gasteiger partial charge in [0.2, 0.25) is 5.91 Å². The number of hydrogen-bond acceptors (Lipinski definition) is 4. The zero-order valence-electron chi connectivity index (χ0n) is 16.9. The number of carbonyl (C=O) groups is 2. The van der Waals surface area contributed by atoms with E-state index in [0.29, 0.717) is 16.9 Å². The van der Waals surface area contributed by atoms with Crippen molar-refractivity contribution >= 4 is 35.2 Å². The first-order valence-corrected chi connectivity index (χ1v) is 9.83. The predicted molar refractivity (Wildman–Crippen MR) is 118 cm³/mol. The highest BCUT2D eigenvalue weighted by molar-refractivity contribution is 6.31. The molecule has 0 saturated carbocycles. The van der Waals surface area contributed by atoms with Gasteiger partial charge in [0.25, 0.3) is 5.91 Å². The first kappa shape index (κ1) is 23.8. The molecule has 1 aromatic heterocycles. The molecule has 33 heavy (non-hydrogen) atoms. The Kier molecular flexibility index (Phi) is 7.34. The zero-order chi connectivity index (χ0) is 24.0. The van der Waals surface area contributed by atoms with E-state index in [-0.39, 0.29) is 18.0 Å². The van der Waals surface area contributed by atoms with Gasteiger partial charge in [-0.1, -0.05) is 23.7 Å². The second kappa shape index (κ2) is 10.2. The fourth-order valence-corrected chi connectivity index (χ4v) is 2.97. The minimum Gasteiger partial charge on any atom is -0.489 e. The van der Waals surface area contributed by atoms with E-state index in [1.807, 2.05) is 0 Å². The number of rotatable bonds is 7. The summed E-state index contributed by atoms with van der Waals surface area (Å²) in [7, 11) is 0. The average Bonchev–Trinajstić information content (AvgIpc) is 2.77. The number of hydrogen-bond donors (Lipinski definition) is 2. The zero-order valence-corrected chi connectivity index (χ0v) is 17.7. The average molecular weight is 476 g/mol. The van der Waals surface area contributed by atoms with Crippen LogP contribution in [0.5, 0.6) is 5.75 Å². The normalized spacial score (nSPS) is 11.4. The van der Waals surface area contributed by atoms with Gasteiger partial charge in [-0.25, -0.2) is 0 Å². The van der Waals surface area contributed by atoms with Crippen molar-refractivity contribution in [1.29, 1.82) is 0 Å². The molecule has 3 rings (SSSR count). The Balaban J connectivity index is 1.63. The summed E-state index contributed by atoms with van der Waals surface area (Å²) in [6.45, 7) is 0.161. The SMILES string of the molecule is NC(=O)c1cc(COc2cccc(C=CC(=O)Nc3ccc(Cl)c(C(F)(F)F)c3)c2)ccn1. The van der Waals surface area contributed by atoms with Crippen molar-refractivity contribution in [3.63, 3.8) is 0 Å². The molecule has 2 amide bonds. The van der Waals surface area contributed by atoms with E-state index in [4.69, 9.17) is 22.1 Å². The number of anilines is 1. The van der Waals surface area contributed by atoms with Gasteiger partial charge >= 0.3 is 6.18 Å². The third kappa shape index (κ3) is 6.81. The number of benzene rings is 2. The second-order valence-corrected chi connectivity index (χ2v) is 7.20. The van der Waals surface area contributed by atoms with Crippen molar-refractivity contribution in [2.45, 2.75) is 12.8 Å². The third-order valence-electron chi connectivity index (χ3n) is 4.31. The molecule has 1 heterocycles. The lowest BCUT2D eigenvalue weighted by molar-refractivity contribution is -0.137. The van der Waals surface area contributed by atoms with Gasteiger partial charge in [0.05, 0.1) is 10.6 Å². The number of alkyl halides is 3. The Morgan fingerprint density at radius 2 is 1.91 bits per heavy atom. The Hall–Kier alpha value is -3.85. The van der Waals surface area contributed by atoms with E-state index in [2.05, 4.69) is 10.3 Å². The number of halogens is 4. The number of amides is 2. The van der Waals surface area contributed by atoms with Crippen molar-refractivity contribution in [2.24, 2.45) is 5.73 Å². The van der Waals surface area contributed by atoms with Gasteiger partial charge in [-0.05, 0) is 59.7 Å².